The molecule has 31 heavy (non-hydrogen) atoms. The third kappa shape index (κ3) is 5.27. The predicted octanol–water partition coefficient (Wildman–Crippen LogP) is 4.25. The molecule has 0 unspecified atom stereocenters. The highest BCUT2D eigenvalue weighted by Gasteiger charge is 2.12. The zero-order valence-electron chi connectivity index (χ0n) is 16.9. The van der Waals surface area contributed by atoms with Crippen molar-refractivity contribution in [1.82, 2.24) is 15.5 Å². The lowest BCUT2D eigenvalue weighted by atomic mass is 10.2. The van der Waals surface area contributed by atoms with Gasteiger partial charge >= 0.3 is 0 Å². The number of aromatic nitrogens is 2. The molecule has 0 fully saturated rings. The number of amides is 1. The molecule has 4 aromatic rings. The van der Waals surface area contributed by atoms with E-state index in [1.54, 1.807) is 25.3 Å². The van der Waals surface area contributed by atoms with Crippen molar-refractivity contribution in [3.05, 3.63) is 95.9 Å². The molecule has 0 saturated carbocycles. The number of methoxy groups -OCH3 is 1. The Labute approximate surface area is 179 Å². The fourth-order valence-corrected chi connectivity index (χ4v) is 2.91. The number of ether oxygens (including phenoxy) is 2. The lowest BCUT2D eigenvalue weighted by Gasteiger charge is -2.08. The summed E-state index contributed by atoms with van der Waals surface area (Å²) in [5, 5.41) is 6.75. The molecule has 0 atom stereocenters. The van der Waals surface area contributed by atoms with Crippen LogP contribution < -0.4 is 14.8 Å². The van der Waals surface area contributed by atoms with Crippen LogP contribution in [0, 0.1) is 0 Å². The Morgan fingerprint density at radius 1 is 0.968 bits per heavy atom. The molecule has 7 nitrogen and oxygen atoms in total. The standard InChI is InChI=1S/C24H21N3O4/c1-29-20-12-10-18(11-13-20)23-26-22(31-27-23)15-25-24(28)19-8-5-9-21(14-19)30-16-17-6-3-2-4-7-17/h2-14H,15-16H2,1H3,(H,25,28). The van der Waals surface area contributed by atoms with Crippen LogP contribution in [0.25, 0.3) is 11.4 Å². The molecule has 1 aromatic heterocycles. The van der Waals surface area contributed by atoms with Crippen LogP contribution in [0.1, 0.15) is 21.8 Å². The maximum Gasteiger partial charge on any atom is 0.251 e. The molecule has 1 heterocycles. The monoisotopic (exact) mass is 415 g/mol. The van der Waals surface area contributed by atoms with E-state index in [1.165, 1.54) is 0 Å². The van der Waals surface area contributed by atoms with Gasteiger partial charge in [-0.2, -0.15) is 4.98 Å². The second kappa shape index (κ2) is 9.58. The molecule has 3 aromatic carbocycles. The summed E-state index contributed by atoms with van der Waals surface area (Å²) in [5.41, 5.74) is 2.34. The first-order valence-electron chi connectivity index (χ1n) is 9.73. The van der Waals surface area contributed by atoms with E-state index >= 15 is 0 Å². The summed E-state index contributed by atoms with van der Waals surface area (Å²) in [7, 11) is 1.61. The normalized spacial score (nSPS) is 10.5. The molecule has 156 valence electrons. The Bertz CT molecular complexity index is 1140. The highest BCUT2D eigenvalue weighted by atomic mass is 16.5. The highest BCUT2D eigenvalue weighted by molar-refractivity contribution is 5.94. The van der Waals surface area contributed by atoms with Gasteiger partial charge in [-0.15, -0.1) is 0 Å². The smallest absolute Gasteiger partial charge is 0.251 e. The molecule has 4 rings (SSSR count). The van der Waals surface area contributed by atoms with E-state index in [0.717, 1.165) is 16.9 Å². The van der Waals surface area contributed by atoms with E-state index in [4.69, 9.17) is 14.0 Å². The van der Waals surface area contributed by atoms with Crippen molar-refractivity contribution < 1.29 is 18.8 Å². The SMILES string of the molecule is COc1ccc(-c2noc(CNC(=O)c3cccc(OCc4ccccc4)c3)n2)cc1. The van der Waals surface area contributed by atoms with Crippen molar-refractivity contribution in [2.24, 2.45) is 0 Å². The largest absolute Gasteiger partial charge is 0.497 e. The van der Waals surface area contributed by atoms with Gasteiger partial charge in [-0.25, -0.2) is 0 Å². The zero-order chi connectivity index (χ0) is 21.5. The molecule has 0 spiro atoms. The van der Waals surface area contributed by atoms with Crippen molar-refractivity contribution in [1.29, 1.82) is 0 Å². The van der Waals surface area contributed by atoms with Crippen LogP contribution in [0.2, 0.25) is 0 Å². The number of nitrogens with one attached hydrogen (secondary N) is 1. The van der Waals surface area contributed by atoms with Crippen molar-refractivity contribution in [2.75, 3.05) is 7.11 Å². The molecule has 1 N–H and O–H groups in total. The molecule has 0 aliphatic carbocycles. The van der Waals surface area contributed by atoms with Gasteiger partial charge in [0.25, 0.3) is 5.91 Å². The lowest BCUT2D eigenvalue weighted by Crippen LogP contribution is -2.22. The summed E-state index contributed by atoms with van der Waals surface area (Å²) < 4.78 is 16.2. The van der Waals surface area contributed by atoms with E-state index in [-0.39, 0.29) is 12.5 Å². The molecular weight excluding hydrogens is 394 g/mol. The van der Waals surface area contributed by atoms with Gasteiger partial charge in [0.2, 0.25) is 11.7 Å². The maximum atomic E-state index is 12.5. The Kier molecular flexibility index (Phi) is 6.23. The molecule has 0 radical (unpaired) electrons. The predicted molar refractivity (Wildman–Crippen MR) is 115 cm³/mol. The summed E-state index contributed by atoms with van der Waals surface area (Å²) in [6, 6.07) is 24.2. The van der Waals surface area contributed by atoms with Crippen LogP contribution in [-0.2, 0) is 13.2 Å². The first kappa shape index (κ1) is 20.2. The minimum atomic E-state index is -0.255. The maximum absolute atomic E-state index is 12.5. The van der Waals surface area contributed by atoms with Gasteiger partial charge < -0.3 is 19.3 Å². The highest BCUT2D eigenvalue weighted by Crippen LogP contribution is 2.20. The second-order valence-corrected chi connectivity index (χ2v) is 6.73. The Morgan fingerprint density at radius 3 is 2.55 bits per heavy atom. The van der Waals surface area contributed by atoms with Gasteiger partial charge in [-0.1, -0.05) is 41.6 Å². The second-order valence-electron chi connectivity index (χ2n) is 6.73. The van der Waals surface area contributed by atoms with E-state index in [0.29, 0.717) is 29.6 Å². The molecule has 1 amide bonds. The minimum Gasteiger partial charge on any atom is -0.497 e. The summed E-state index contributed by atoms with van der Waals surface area (Å²) >= 11 is 0. The molecular formula is C24H21N3O4. The Hall–Kier alpha value is -4.13. The van der Waals surface area contributed by atoms with Gasteiger partial charge in [-0.05, 0) is 48.0 Å². The van der Waals surface area contributed by atoms with Gasteiger partial charge in [0.1, 0.15) is 18.1 Å². The zero-order valence-corrected chi connectivity index (χ0v) is 16.9. The number of hydrogen-bond donors (Lipinski definition) is 1. The first-order chi connectivity index (χ1) is 15.2. The number of nitrogens with zero attached hydrogens (tertiary/aromatic N) is 2. The van der Waals surface area contributed by atoms with Crippen LogP contribution in [0.15, 0.2) is 83.4 Å². The average molecular weight is 415 g/mol. The van der Waals surface area contributed by atoms with Gasteiger partial charge in [0.15, 0.2) is 0 Å². The molecule has 0 aliphatic rings. The van der Waals surface area contributed by atoms with Crippen molar-refractivity contribution in [3.63, 3.8) is 0 Å². The van der Waals surface area contributed by atoms with Crippen molar-refractivity contribution >= 4 is 5.91 Å². The third-order valence-corrected chi connectivity index (χ3v) is 4.56. The fourth-order valence-electron chi connectivity index (χ4n) is 2.91. The Balaban J connectivity index is 1.34. The van der Waals surface area contributed by atoms with E-state index in [2.05, 4.69) is 15.5 Å². The van der Waals surface area contributed by atoms with Crippen LogP contribution in [-0.4, -0.2) is 23.2 Å². The fraction of sp³-hybridized carbons (Fsp3) is 0.125. The van der Waals surface area contributed by atoms with E-state index in [1.807, 2.05) is 60.7 Å². The quantitative estimate of drug-likeness (QED) is 0.463. The molecule has 0 saturated heterocycles. The number of rotatable bonds is 8. The number of benzene rings is 3. The van der Waals surface area contributed by atoms with Gasteiger partial charge in [0, 0.05) is 11.1 Å². The first-order valence-corrected chi connectivity index (χ1v) is 9.73. The molecule has 0 bridgehead atoms. The average Bonchev–Trinajstić information content (AvgIpc) is 3.31. The molecule has 7 heteroatoms. The topological polar surface area (TPSA) is 86.5 Å². The van der Waals surface area contributed by atoms with Gasteiger partial charge in [0.05, 0.1) is 13.7 Å². The van der Waals surface area contributed by atoms with E-state index in [9.17, 15) is 4.79 Å². The summed E-state index contributed by atoms with van der Waals surface area (Å²) in [5.74, 6) is 1.87. The summed E-state index contributed by atoms with van der Waals surface area (Å²) in [6.07, 6.45) is 0. The van der Waals surface area contributed by atoms with Crippen LogP contribution >= 0.6 is 0 Å². The van der Waals surface area contributed by atoms with Gasteiger partial charge in [-0.3, -0.25) is 4.79 Å². The molecule has 0 aliphatic heterocycles. The summed E-state index contributed by atoms with van der Waals surface area (Å²) in [4.78, 5) is 16.8. The van der Waals surface area contributed by atoms with Crippen LogP contribution in [0.5, 0.6) is 11.5 Å². The lowest BCUT2D eigenvalue weighted by molar-refractivity contribution is 0.0945. The van der Waals surface area contributed by atoms with Crippen LogP contribution in [0.4, 0.5) is 0 Å². The van der Waals surface area contributed by atoms with Crippen molar-refractivity contribution in [2.45, 2.75) is 13.2 Å². The third-order valence-electron chi connectivity index (χ3n) is 4.56. The van der Waals surface area contributed by atoms with Crippen LogP contribution in [0.3, 0.4) is 0 Å². The number of carbonyl (C=O) groups excluding carboxylic acids is 1. The number of carbonyl (C=O) groups is 1. The summed E-state index contributed by atoms with van der Waals surface area (Å²) in [6.45, 7) is 0.555. The van der Waals surface area contributed by atoms with E-state index < -0.39 is 0 Å². The van der Waals surface area contributed by atoms with Crippen molar-refractivity contribution in [3.8, 4) is 22.9 Å². The number of hydrogen-bond acceptors (Lipinski definition) is 6. The Morgan fingerprint density at radius 2 is 1.77 bits per heavy atom. The minimum absolute atomic E-state index is 0.122.